The molecule has 100 valence electrons. The molecule has 0 saturated heterocycles. The van der Waals surface area contributed by atoms with Crippen LogP contribution in [0.2, 0.25) is 0 Å². The zero-order valence-electron chi connectivity index (χ0n) is 11.2. The predicted molar refractivity (Wildman–Crippen MR) is 75.2 cm³/mol. The molecule has 1 fully saturated rings. The highest BCUT2D eigenvalue weighted by atomic mass is 32.2. The van der Waals surface area contributed by atoms with Gasteiger partial charge in [0.05, 0.1) is 5.75 Å². The molecule has 1 saturated carbocycles. The van der Waals surface area contributed by atoms with Crippen molar-refractivity contribution in [3.63, 3.8) is 0 Å². The molecule has 0 aromatic carbocycles. The van der Waals surface area contributed by atoms with Crippen LogP contribution in [0.25, 0.3) is 0 Å². The molecule has 1 rings (SSSR count). The van der Waals surface area contributed by atoms with Crippen molar-refractivity contribution in [3.05, 3.63) is 0 Å². The summed E-state index contributed by atoms with van der Waals surface area (Å²) in [6.45, 7) is 2.08. The summed E-state index contributed by atoms with van der Waals surface area (Å²) in [4.78, 5) is 13.9. The van der Waals surface area contributed by atoms with Crippen molar-refractivity contribution in [2.75, 3.05) is 18.6 Å². The number of thioether (sulfide) groups is 1. The smallest absolute Gasteiger partial charge is 0.232 e. The van der Waals surface area contributed by atoms with Crippen molar-refractivity contribution in [3.8, 4) is 0 Å². The number of nitrogens with zero attached hydrogens (tertiary/aromatic N) is 1. The van der Waals surface area contributed by atoms with Gasteiger partial charge < -0.3 is 10.6 Å². The lowest BCUT2D eigenvalue weighted by atomic mass is 9.94. The van der Waals surface area contributed by atoms with E-state index in [0.717, 1.165) is 12.2 Å². The Kier molecular flexibility index (Phi) is 6.97. The molecule has 0 radical (unpaired) electrons. The lowest BCUT2D eigenvalue weighted by molar-refractivity contribution is -0.129. The van der Waals surface area contributed by atoms with Crippen molar-refractivity contribution in [2.24, 2.45) is 5.73 Å². The molecular weight excluding hydrogens is 232 g/mol. The highest BCUT2D eigenvalue weighted by molar-refractivity contribution is 7.99. The number of hydrogen-bond acceptors (Lipinski definition) is 3. The molecule has 2 N–H and O–H groups in total. The van der Waals surface area contributed by atoms with Crippen LogP contribution in [0.15, 0.2) is 0 Å². The van der Waals surface area contributed by atoms with E-state index in [2.05, 4.69) is 6.92 Å². The summed E-state index contributed by atoms with van der Waals surface area (Å²) >= 11 is 1.67. The summed E-state index contributed by atoms with van der Waals surface area (Å²) in [6, 6.07) is 0.712. The van der Waals surface area contributed by atoms with Crippen molar-refractivity contribution in [1.82, 2.24) is 4.90 Å². The Morgan fingerprint density at radius 3 is 2.65 bits per heavy atom. The minimum atomic E-state index is 0.229. The van der Waals surface area contributed by atoms with Crippen LogP contribution in [0.4, 0.5) is 0 Å². The SMILES string of the molecule is CCC(N)CSCC(=O)N(C)C1CCCCC1. The van der Waals surface area contributed by atoms with Gasteiger partial charge in [-0.1, -0.05) is 26.2 Å². The molecule has 1 aliphatic rings. The van der Waals surface area contributed by atoms with Gasteiger partial charge >= 0.3 is 0 Å². The standard InChI is InChI=1S/C13H26N2OS/c1-3-11(14)9-17-10-13(16)15(2)12-7-5-4-6-8-12/h11-12H,3-10,14H2,1-2H3. The third kappa shape index (κ3) is 5.30. The van der Waals surface area contributed by atoms with Crippen LogP contribution in [0.1, 0.15) is 45.4 Å². The zero-order valence-corrected chi connectivity index (χ0v) is 12.0. The Morgan fingerprint density at radius 2 is 2.06 bits per heavy atom. The molecule has 1 atom stereocenters. The van der Waals surface area contributed by atoms with Gasteiger partial charge in [-0.25, -0.2) is 0 Å². The van der Waals surface area contributed by atoms with Crippen LogP contribution in [0, 0.1) is 0 Å². The van der Waals surface area contributed by atoms with E-state index in [4.69, 9.17) is 5.73 Å². The summed E-state index contributed by atoms with van der Waals surface area (Å²) in [5.74, 6) is 1.74. The first-order chi connectivity index (χ1) is 8.15. The molecule has 3 nitrogen and oxygen atoms in total. The fourth-order valence-electron chi connectivity index (χ4n) is 2.19. The number of nitrogens with two attached hydrogens (primary N) is 1. The molecule has 0 spiro atoms. The van der Waals surface area contributed by atoms with Gasteiger partial charge in [0.15, 0.2) is 0 Å². The van der Waals surface area contributed by atoms with Gasteiger partial charge in [-0.05, 0) is 19.3 Å². The van der Waals surface area contributed by atoms with Gasteiger partial charge in [-0.15, -0.1) is 0 Å². The van der Waals surface area contributed by atoms with Crippen LogP contribution in [-0.2, 0) is 4.79 Å². The average molecular weight is 258 g/mol. The van der Waals surface area contributed by atoms with Crippen molar-refractivity contribution in [1.29, 1.82) is 0 Å². The number of amides is 1. The number of carbonyl (C=O) groups is 1. The van der Waals surface area contributed by atoms with E-state index in [1.165, 1.54) is 32.1 Å². The third-order valence-corrected chi connectivity index (χ3v) is 4.71. The lowest BCUT2D eigenvalue weighted by Crippen LogP contribution is -2.39. The quantitative estimate of drug-likeness (QED) is 0.795. The van der Waals surface area contributed by atoms with E-state index >= 15 is 0 Å². The van der Waals surface area contributed by atoms with E-state index in [0.29, 0.717) is 11.8 Å². The van der Waals surface area contributed by atoms with E-state index in [1.54, 1.807) is 11.8 Å². The molecule has 17 heavy (non-hydrogen) atoms. The highest BCUT2D eigenvalue weighted by Crippen LogP contribution is 2.22. The Balaban J connectivity index is 2.21. The van der Waals surface area contributed by atoms with Crippen LogP contribution >= 0.6 is 11.8 Å². The molecular formula is C13H26N2OS. The van der Waals surface area contributed by atoms with Crippen molar-refractivity contribution >= 4 is 17.7 Å². The maximum atomic E-state index is 12.0. The molecule has 1 aliphatic carbocycles. The second kappa shape index (κ2) is 7.98. The molecule has 4 heteroatoms. The summed E-state index contributed by atoms with van der Waals surface area (Å²) in [7, 11) is 1.96. The second-order valence-electron chi connectivity index (χ2n) is 4.98. The normalized spacial score (nSPS) is 19.0. The lowest BCUT2D eigenvalue weighted by Gasteiger charge is -2.31. The largest absolute Gasteiger partial charge is 0.342 e. The Labute approximate surface area is 109 Å². The fraction of sp³-hybridized carbons (Fsp3) is 0.923. The number of rotatable bonds is 6. The van der Waals surface area contributed by atoms with Crippen molar-refractivity contribution < 1.29 is 4.79 Å². The Hall–Kier alpha value is -0.220. The maximum Gasteiger partial charge on any atom is 0.232 e. The Bertz CT molecular complexity index is 229. The van der Waals surface area contributed by atoms with Gasteiger partial charge in [-0.3, -0.25) is 4.79 Å². The van der Waals surface area contributed by atoms with Crippen LogP contribution < -0.4 is 5.73 Å². The van der Waals surface area contributed by atoms with E-state index < -0.39 is 0 Å². The number of carbonyl (C=O) groups excluding carboxylic acids is 1. The predicted octanol–water partition coefficient (Wildman–Crippen LogP) is 2.25. The highest BCUT2D eigenvalue weighted by Gasteiger charge is 2.21. The van der Waals surface area contributed by atoms with E-state index in [1.807, 2.05) is 11.9 Å². The molecule has 0 heterocycles. The van der Waals surface area contributed by atoms with Crippen LogP contribution in [-0.4, -0.2) is 41.4 Å². The first-order valence-corrected chi connectivity index (χ1v) is 7.89. The summed E-state index contributed by atoms with van der Waals surface area (Å²) in [5, 5.41) is 0. The van der Waals surface area contributed by atoms with Gasteiger partial charge in [-0.2, -0.15) is 11.8 Å². The third-order valence-electron chi connectivity index (χ3n) is 3.60. The van der Waals surface area contributed by atoms with Gasteiger partial charge in [0.2, 0.25) is 5.91 Å². The minimum Gasteiger partial charge on any atom is -0.342 e. The van der Waals surface area contributed by atoms with Gasteiger partial charge in [0.25, 0.3) is 0 Å². The van der Waals surface area contributed by atoms with Crippen LogP contribution in [0.5, 0.6) is 0 Å². The van der Waals surface area contributed by atoms with Crippen molar-refractivity contribution in [2.45, 2.75) is 57.5 Å². The van der Waals surface area contributed by atoms with Crippen LogP contribution in [0.3, 0.4) is 0 Å². The first-order valence-electron chi connectivity index (χ1n) is 6.74. The van der Waals surface area contributed by atoms with Gasteiger partial charge in [0, 0.05) is 24.9 Å². The topological polar surface area (TPSA) is 46.3 Å². The van der Waals surface area contributed by atoms with E-state index in [-0.39, 0.29) is 11.9 Å². The first kappa shape index (κ1) is 14.8. The fourth-order valence-corrected chi connectivity index (χ4v) is 3.22. The van der Waals surface area contributed by atoms with E-state index in [9.17, 15) is 4.79 Å². The molecule has 0 aromatic rings. The summed E-state index contributed by atoms with van der Waals surface area (Å²) in [6.07, 6.45) is 7.23. The molecule has 0 aromatic heterocycles. The molecule has 0 bridgehead atoms. The molecule has 0 aliphatic heterocycles. The Morgan fingerprint density at radius 1 is 1.41 bits per heavy atom. The number of hydrogen-bond donors (Lipinski definition) is 1. The monoisotopic (exact) mass is 258 g/mol. The summed E-state index contributed by atoms with van der Waals surface area (Å²) in [5.41, 5.74) is 5.83. The minimum absolute atomic E-state index is 0.229. The second-order valence-corrected chi connectivity index (χ2v) is 6.01. The molecule has 1 amide bonds. The average Bonchev–Trinajstić information content (AvgIpc) is 2.38. The summed E-state index contributed by atoms with van der Waals surface area (Å²) < 4.78 is 0. The zero-order chi connectivity index (χ0) is 12.7. The molecule has 1 unspecified atom stereocenters. The maximum absolute atomic E-state index is 12.0. The van der Waals surface area contributed by atoms with Gasteiger partial charge in [0.1, 0.15) is 0 Å².